The first-order valence-corrected chi connectivity index (χ1v) is 7.92. The van der Waals surface area contributed by atoms with Crippen LogP contribution in [-0.4, -0.2) is 36.5 Å². The van der Waals surface area contributed by atoms with E-state index in [1.54, 1.807) is 0 Å². The summed E-state index contributed by atoms with van der Waals surface area (Å²) in [4.78, 5) is 12.4. The largest absolute Gasteiger partial charge is 0.355 e. The molecule has 98 valence electrons. The molecule has 0 saturated carbocycles. The summed E-state index contributed by atoms with van der Waals surface area (Å²) in [5.41, 5.74) is -0.0888. The summed E-state index contributed by atoms with van der Waals surface area (Å²) in [5.74, 6) is 1.57. The minimum atomic E-state index is -0.0888. The summed E-state index contributed by atoms with van der Waals surface area (Å²) >= 11 is 2.01. The molecule has 4 heteroatoms. The number of carbonyl (C=O) groups excluding carboxylic acids is 1. The summed E-state index contributed by atoms with van der Waals surface area (Å²) in [6, 6.07) is 0. The molecule has 1 amide bonds. The van der Waals surface area contributed by atoms with Crippen LogP contribution in [0, 0.1) is 5.41 Å². The van der Waals surface area contributed by atoms with Gasteiger partial charge >= 0.3 is 0 Å². The Kier molecular flexibility index (Phi) is 4.74. The van der Waals surface area contributed by atoms with Crippen molar-refractivity contribution in [3.8, 4) is 0 Å². The van der Waals surface area contributed by atoms with Gasteiger partial charge in [0.15, 0.2) is 0 Å². The number of piperidine rings is 1. The van der Waals surface area contributed by atoms with Crippen LogP contribution in [0.25, 0.3) is 0 Å². The van der Waals surface area contributed by atoms with Gasteiger partial charge in [-0.05, 0) is 50.9 Å². The Balaban J connectivity index is 1.83. The van der Waals surface area contributed by atoms with Gasteiger partial charge in [0.2, 0.25) is 5.91 Å². The Morgan fingerprint density at radius 1 is 1.47 bits per heavy atom. The van der Waals surface area contributed by atoms with Gasteiger partial charge in [0, 0.05) is 11.8 Å². The van der Waals surface area contributed by atoms with Crippen LogP contribution in [0.4, 0.5) is 0 Å². The van der Waals surface area contributed by atoms with Crippen LogP contribution in [0.15, 0.2) is 0 Å². The van der Waals surface area contributed by atoms with Crippen LogP contribution in [0.3, 0.4) is 0 Å². The fourth-order valence-electron chi connectivity index (χ4n) is 2.85. The Labute approximate surface area is 108 Å². The second kappa shape index (κ2) is 6.10. The Bertz CT molecular complexity index is 258. The summed E-state index contributed by atoms with van der Waals surface area (Å²) in [6.45, 7) is 4.99. The minimum absolute atomic E-state index is 0.0888. The van der Waals surface area contributed by atoms with Crippen LogP contribution < -0.4 is 10.6 Å². The topological polar surface area (TPSA) is 41.1 Å². The molecule has 2 rings (SSSR count). The number of amides is 1. The first kappa shape index (κ1) is 13.2. The lowest BCUT2D eigenvalue weighted by molar-refractivity contribution is -0.132. The first-order valence-electron chi connectivity index (χ1n) is 6.87. The highest BCUT2D eigenvalue weighted by atomic mass is 32.2. The van der Waals surface area contributed by atoms with Crippen molar-refractivity contribution in [2.24, 2.45) is 5.41 Å². The smallest absolute Gasteiger partial charge is 0.226 e. The van der Waals surface area contributed by atoms with E-state index < -0.39 is 0 Å². The number of hydrogen-bond donors (Lipinski definition) is 2. The van der Waals surface area contributed by atoms with Crippen LogP contribution in [-0.2, 0) is 4.79 Å². The van der Waals surface area contributed by atoms with Crippen molar-refractivity contribution in [1.82, 2.24) is 10.6 Å². The molecule has 0 aromatic heterocycles. The van der Waals surface area contributed by atoms with Gasteiger partial charge in [-0.2, -0.15) is 11.8 Å². The highest BCUT2D eigenvalue weighted by Gasteiger charge is 2.37. The quantitative estimate of drug-likeness (QED) is 0.805. The molecule has 0 radical (unpaired) electrons. The Hall–Kier alpha value is -0.220. The van der Waals surface area contributed by atoms with Gasteiger partial charge in [-0.1, -0.05) is 6.92 Å². The molecule has 0 bridgehead atoms. The number of carbonyl (C=O) groups is 1. The molecule has 17 heavy (non-hydrogen) atoms. The molecule has 0 aliphatic carbocycles. The zero-order chi connectivity index (χ0) is 12.1. The third-order valence-corrected chi connectivity index (χ3v) is 5.63. The van der Waals surface area contributed by atoms with Crippen molar-refractivity contribution in [1.29, 1.82) is 0 Å². The maximum absolute atomic E-state index is 12.4. The summed E-state index contributed by atoms with van der Waals surface area (Å²) in [6.07, 6.45) is 5.54. The molecule has 1 unspecified atom stereocenters. The molecule has 2 fully saturated rings. The van der Waals surface area contributed by atoms with Gasteiger partial charge in [0.25, 0.3) is 0 Å². The number of hydrogen-bond acceptors (Lipinski definition) is 3. The first-order chi connectivity index (χ1) is 8.27. The fourth-order valence-corrected chi connectivity index (χ4v) is 4.05. The number of thioether (sulfide) groups is 1. The summed E-state index contributed by atoms with van der Waals surface area (Å²) in [5, 5.41) is 7.20. The second-order valence-corrected chi connectivity index (χ2v) is 6.64. The Morgan fingerprint density at radius 2 is 2.24 bits per heavy atom. The zero-order valence-electron chi connectivity index (χ0n) is 10.8. The molecule has 2 heterocycles. The van der Waals surface area contributed by atoms with Crippen molar-refractivity contribution in [2.75, 3.05) is 25.4 Å². The lowest BCUT2D eigenvalue weighted by Crippen LogP contribution is -2.48. The average molecular weight is 256 g/mol. The molecule has 1 atom stereocenters. The predicted molar refractivity (Wildman–Crippen MR) is 73.3 cm³/mol. The lowest BCUT2D eigenvalue weighted by atomic mass is 9.76. The highest BCUT2D eigenvalue weighted by molar-refractivity contribution is 8.00. The van der Waals surface area contributed by atoms with Crippen LogP contribution in [0.5, 0.6) is 0 Å². The molecule has 3 nitrogen and oxygen atoms in total. The maximum atomic E-state index is 12.4. The average Bonchev–Trinajstić information content (AvgIpc) is 2.90. The van der Waals surface area contributed by atoms with E-state index in [1.165, 1.54) is 18.6 Å². The summed E-state index contributed by atoms with van der Waals surface area (Å²) in [7, 11) is 0. The highest BCUT2D eigenvalue weighted by Crippen LogP contribution is 2.33. The van der Waals surface area contributed by atoms with E-state index in [9.17, 15) is 4.79 Å². The van der Waals surface area contributed by atoms with E-state index in [4.69, 9.17) is 0 Å². The molecule has 0 spiro atoms. The van der Waals surface area contributed by atoms with Gasteiger partial charge in [-0.3, -0.25) is 4.79 Å². The lowest BCUT2D eigenvalue weighted by Gasteiger charge is -2.35. The Morgan fingerprint density at radius 3 is 2.82 bits per heavy atom. The molecule has 2 aliphatic heterocycles. The van der Waals surface area contributed by atoms with Crippen molar-refractivity contribution in [3.63, 3.8) is 0 Å². The van der Waals surface area contributed by atoms with Crippen LogP contribution in [0.2, 0.25) is 0 Å². The van der Waals surface area contributed by atoms with E-state index in [1.807, 2.05) is 11.8 Å². The van der Waals surface area contributed by atoms with Crippen molar-refractivity contribution in [2.45, 2.75) is 44.3 Å². The van der Waals surface area contributed by atoms with E-state index in [0.717, 1.165) is 38.9 Å². The summed E-state index contributed by atoms with van der Waals surface area (Å²) < 4.78 is 0. The second-order valence-electron chi connectivity index (χ2n) is 5.23. The fraction of sp³-hybridized carbons (Fsp3) is 0.923. The molecular formula is C13H24N2OS. The molecule has 0 aromatic rings. The monoisotopic (exact) mass is 256 g/mol. The van der Waals surface area contributed by atoms with Gasteiger partial charge in [-0.25, -0.2) is 0 Å². The SMILES string of the molecule is CCC1(C(=O)NCC2CCCS2)CCNCC1. The zero-order valence-corrected chi connectivity index (χ0v) is 11.6. The van der Waals surface area contributed by atoms with Crippen molar-refractivity contribution < 1.29 is 4.79 Å². The number of rotatable bonds is 4. The predicted octanol–water partition coefficient (Wildman–Crippen LogP) is 1.78. The molecule has 2 N–H and O–H groups in total. The van der Waals surface area contributed by atoms with Gasteiger partial charge in [-0.15, -0.1) is 0 Å². The van der Waals surface area contributed by atoms with E-state index in [-0.39, 0.29) is 5.41 Å². The van der Waals surface area contributed by atoms with Crippen LogP contribution >= 0.6 is 11.8 Å². The van der Waals surface area contributed by atoms with E-state index in [2.05, 4.69) is 17.6 Å². The van der Waals surface area contributed by atoms with Crippen molar-refractivity contribution >= 4 is 17.7 Å². The molecule has 0 aromatic carbocycles. The van der Waals surface area contributed by atoms with E-state index in [0.29, 0.717) is 11.2 Å². The number of nitrogens with one attached hydrogen (secondary N) is 2. The maximum Gasteiger partial charge on any atom is 0.226 e. The third kappa shape index (κ3) is 3.16. The van der Waals surface area contributed by atoms with Crippen LogP contribution in [0.1, 0.15) is 39.0 Å². The van der Waals surface area contributed by atoms with Gasteiger partial charge < -0.3 is 10.6 Å². The molecule has 2 saturated heterocycles. The standard InChI is InChI=1S/C13H24N2OS/c1-2-13(5-7-14-8-6-13)12(16)15-10-11-4-3-9-17-11/h11,14H,2-10H2,1H3,(H,15,16). The van der Waals surface area contributed by atoms with E-state index >= 15 is 0 Å². The normalized spacial score (nSPS) is 27.9. The van der Waals surface area contributed by atoms with Crippen molar-refractivity contribution in [3.05, 3.63) is 0 Å². The van der Waals surface area contributed by atoms with Gasteiger partial charge in [0.05, 0.1) is 5.41 Å². The molecular weight excluding hydrogens is 232 g/mol. The molecule has 2 aliphatic rings. The van der Waals surface area contributed by atoms with Gasteiger partial charge in [0.1, 0.15) is 0 Å². The minimum Gasteiger partial charge on any atom is -0.355 e. The third-order valence-electron chi connectivity index (χ3n) is 4.23.